The number of hydrogen-bond donors (Lipinski definition) is 2. The third-order valence-electron chi connectivity index (χ3n) is 4.89. The summed E-state index contributed by atoms with van der Waals surface area (Å²) >= 11 is 0. The third kappa shape index (κ3) is 9.95. The predicted octanol–water partition coefficient (Wildman–Crippen LogP) is 5.25. The molecule has 2 aromatic rings. The summed E-state index contributed by atoms with van der Waals surface area (Å²) in [4.78, 5) is 13.5. The van der Waals surface area contributed by atoms with Crippen molar-refractivity contribution in [1.82, 2.24) is 10.2 Å². The lowest BCUT2D eigenvalue weighted by Gasteiger charge is -2.31. The summed E-state index contributed by atoms with van der Waals surface area (Å²) in [6, 6.07) is 16.9. The van der Waals surface area contributed by atoms with E-state index in [-0.39, 0.29) is 11.7 Å². The first-order valence-corrected chi connectivity index (χ1v) is 10.4. The molecule has 1 saturated heterocycles. The van der Waals surface area contributed by atoms with E-state index in [1.54, 1.807) is 25.3 Å². The fourth-order valence-corrected chi connectivity index (χ4v) is 3.15. The number of aromatic hydroxyl groups is 1. The minimum atomic E-state index is -0.148. The first-order chi connectivity index (χ1) is 14.0. The molecule has 3 rings (SSSR count). The molecule has 158 valence electrons. The van der Waals surface area contributed by atoms with Gasteiger partial charge >= 0.3 is 0 Å². The highest BCUT2D eigenvalue weighted by Gasteiger charge is 2.17. The average molecular weight is 397 g/mol. The van der Waals surface area contributed by atoms with Gasteiger partial charge in [0, 0.05) is 19.2 Å². The minimum absolute atomic E-state index is 0.148. The van der Waals surface area contributed by atoms with Crippen LogP contribution in [0.5, 0.6) is 5.75 Å². The molecule has 4 heteroatoms. The number of piperidine rings is 1. The molecule has 2 aromatic carbocycles. The summed E-state index contributed by atoms with van der Waals surface area (Å²) in [7, 11) is 1.56. The van der Waals surface area contributed by atoms with E-state index in [4.69, 9.17) is 5.11 Å². The SMILES string of the molecule is C=CC.CCC1CCN(Cc2ccccc2)CC1.CNC(=O)c1ccc(O)cc1. The summed E-state index contributed by atoms with van der Waals surface area (Å²) < 4.78 is 0. The van der Waals surface area contributed by atoms with E-state index in [9.17, 15) is 4.79 Å². The second-order valence-corrected chi connectivity index (χ2v) is 7.15. The highest BCUT2D eigenvalue weighted by Crippen LogP contribution is 2.21. The fourth-order valence-electron chi connectivity index (χ4n) is 3.15. The molecule has 1 aliphatic rings. The summed E-state index contributed by atoms with van der Waals surface area (Å²) in [5, 5.41) is 11.4. The Morgan fingerprint density at radius 1 is 1.14 bits per heavy atom. The maximum atomic E-state index is 10.9. The lowest BCUT2D eigenvalue weighted by molar-refractivity contribution is 0.0963. The van der Waals surface area contributed by atoms with Crippen LogP contribution in [0.15, 0.2) is 67.3 Å². The molecule has 0 unspecified atom stereocenters. The van der Waals surface area contributed by atoms with E-state index in [1.807, 2.05) is 6.92 Å². The van der Waals surface area contributed by atoms with Crippen molar-refractivity contribution in [2.45, 2.75) is 39.7 Å². The van der Waals surface area contributed by atoms with Crippen LogP contribution in [-0.4, -0.2) is 36.1 Å². The number of nitrogens with one attached hydrogen (secondary N) is 1. The van der Waals surface area contributed by atoms with E-state index in [0.29, 0.717) is 5.56 Å². The minimum Gasteiger partial charge on any atom is -0.508 e. The van der Waals surface area contributed by atoms with Crippen LogP contribution in [0.4, 0.5) is 0 Å². The van der Waals surface area contributed by atoms with Gasteiger partial charge in [-0.1, -0.05) is 49.8 Å². The van der Waals surface area contributed by atoms with Gasteiger partial charge in [0.2, 0.25) is 0 Å². The summed E-state index contributed by atoms with van der Waals surface area (Å²) in [5.74, 6) is 1.000. The Hall–Kier alpha value is -2.59. The molecular formula is C25H36N2O2. The number of allylic oxidation sites excluding steroid dienone is 1. The van der Waals surface area contributed by atoms with Crippen LogP contribution in [0, 0.1) is 5.92 Å². The first kappa shape index (κ1) is 24.4. The number of benzene rings is 2. The summed E-state index contributed by atoms with van der Waals surface area (Å²) in [6.07, 6.45) is 5.89. The average Bonchev–Trinajstić information content (AvgIpc) is 2.76. The van der Waals surface area contributed by atoms with Gasteiger partial charge in [0.15, 0.2) is 0 Å². The Bertz CT molecular complexity index is 691. The molecule has 1 fully saturated rings. The van der Waals surface area contributed by atoms with Crippen molar-refractivity contribution in [3.05, 3.63) is 78.4 Å². The normalized spacial score (nSPS) is 13.9. The van der Waals surface area contributed by atoms with Crippen LogP contribution in [0.3, 0.4) is 0 Å². The quantitative estimate of drug-likeness (QED) is 0.694. The third-order valence-corrected chi connectivity index (χ3v) is 4.89. The van der Waals surface area contributed by atoms with Crippen LogP contribution in [0.1, 0.15) is 49.0 Å². The van der Waals surface area contributed by atoms with Crippen molar-refractivity contribution in [2.24, 2.45) is 5.92 Å². The number of nitrogens with zero attached hydrogens (tertiary/aromatic N) is 1. The van der Waals surface area contributed by atoms with E-state index in [2.05, 4.69) is 54.1 Å². The van der Waals surface area contributed by atoms with Gasteiger partial charge in [-0.15, -0.1) is 6.58 Å². The summed E-state index contributed by atoms with van der Waals surface area (Å²) in [6.45, 7) is 11.3. The number of amides is 1. The topological polar surface area (TPSA) is 52.6 Å². The van der Waals surface area contributed by atoms with Gasteiger partial charge in [0.25, 0.3) is 5.91 Å². The molecule has 0 atom stereocenters. The van der Waals surface area contributed by atoms with Crippen molar-refractivity contribution in [3.8, 4) is 5.75 Å². The zero-order valence-electron chi connectivity index (χ0n) is 18.1. The van der Waals surface area contributed by atoms with Crippen LogP contribution in [-0.2, 0) is 6.54 Å². The Morgan fingerprint density at radius 2 is 1.69 bits per heavy atom. The van der Waals surface area contributed by atoms with Crippen LogP contribution >= 0.6 is 0 Å². The number of rotatable bonds is 4. The molecule has 0 aliphatic carbocycles. The molecule has 1 amide bonds. The second kappa shape index (κ2) is 14.4. The number of phenolic OH excluding ortho intramolecular Hbond substituents is 1. The highest BCUT2D eigenvalue weighted by molar-refractivity contribution is 5.94. The number of carbonyl (C=O) groups excluding carboxylic acids is 1. The lowest BCUT2D eigenvalue weighted by atomic mass is 9.94. The van der Waals surface area contributed by atoms with Crippen molar-refractivity contribution in [2.75, 3.05) is 20.1 Å². The fraction of sp³-hybridized carbons (Fsp3) is 0.400. The maximum absolute atomic E-state index is 10.9. The molecule has 1 heterocycles. The summed E-state index contributed by atoms with van der Waals surface area (Å²) in [5.41, 5.74) is 2.00. The Kier molecular flexibility index (Phi) is 12.2. The van der Waals surface area contributed by atoms with E-state index in [1.165, 1.54) is 50.0 Å². The number of hydrogen-bond acceptors (Lipinski definition) is 3. The van der Waals surface area contributed by atoms with Crippen molar-refractivity contribution in [3.63, 3.8) is 0 Å². The van der Waals surface area contributed by atoms with Crippen molar-refractivity contribution < 1.29 is 9.90 Å². The highest BCUT2D eigenvalue weighted by atomic mass is 16.3. The molecule has 29 heavy (non-hydrogen) atoms. The number of phenols is 1. The number of carbonyl (C=O) groups is 1. The standard InChI is InChI=1S/C14H21N.C8H9NO2.C3H6/c1-2-13-8-10-15(11-9-13)12-14-6-4-3-5-7-14;1-9-8(11)6-2-4-7(10)5-3-6;1-3-2/h3-7,13H,2,8-12H2,1H3;2-5,10H,1H3,(H,9,11);3H,1H2,2H3. The van der Waals surface area contributed by atoms with Gasteiger partial charge in [-0.2, -0.15) is 0 Å². The van der Waals surface area contributed by atoms with Crippen molar-refractivity contribution >= 4 is 5.91 Å². The van der Waals surface area contributed by atoms with Gasteiger partial charge < -0.3 is 10.4 Å². The molecule has 0 radical (unpaired) electrons. The first-order valence-electron chi connectivity index (χ1n) is 10.4. The largest absolute Gasteiger partial charge is 0.508 e. The van der Waals surface area contributed by atoms with E-state index in [0.717, 1.165) is 12.5 Å². The van der Waals surface area contributed by atoms with Gasteiger partial charge in [0.05, 0.1) is 0 Å². The van der Waals surface area contributed by atoms with E-state index >= 15 is 0 Å². The predicted molar refractivity (Wildman–Crippen MR) is 122 cm³/mol. The van der Waals surface area contributed by atoms with Crippen LogP contribution in [0.25, 0.3) is 0 Å². The van der Waals surface area contributed by atoms with Crippen LogP contribution in [0.2, 0.25) is 0 Å². The Morgan fingerprint density at radius 3 is 2.17 bits per heavy atom. The molecule has 0 saturated carbocycles. The zero-order chi connectivity index (χ0) is 21.5. The second-order valence-electron chi connectivity index (χ2n) is 7.15. The van der Waals surface area contributed by atoms with Crippen molar-refractivity contribution in [1.29, 1.82) is 0 Å². The maximum Gasteiger partial charge on any atom is 0.251 e. The molecule has 0 bridgehead atoms. The Balaban J connectivity index is 0.000000265. The molecule has 1 aliphatic heterocycles. The lowest BCUT2D eigenvalue weighted by Crippen LogP contribution is -2.32. The van der Waals surface area contributed by atoms with Crippen LogP contribution < -0.4 is 5.32 Å². The van der Waals surface area contributed by atoms with Gasteiger partial charge in [-0.3, -0.25) is 9.69 Å². The van der Waals surface area contributed by atoms with Gasteiger partial charge in [-0.25, -0.2) is 0 Å². The molecule has 2 N–H and O–H groups in total. The number of likely N-dealkylation sites (tertiary alicyclic amines) is 1. The smallest absolute Gasteiger partial charge is 0.251 e. The molecule has 0 aromatic heterocycles. The monoisotopic (exact) mass is 396 g/mol. The molecule has 4 nitrogen and oxygen atoms in total. The van der Waals surface area contributed by atoms with Gasteiger partial charge in [-0.05, 0) is 68.6 Å². The Labute approximate surface area is 176 Å². The van der Waals surface area contributed by atoms with Gasteiger partial charge in [0.1, 0.15) is 5.75 Å². The molecule has 0 spiro atoms. The zero-order valence-corrected chi connectivity index (χ0v) is 18.1. The van der Waals surface area contributed by atoms with E-state index < -0.39 is 0 Å². The molecular weight excluding hydrogens is 360 g/mol.